The number of aryl methyl sites for hydroxylation is 2. The zero-order valence-electron chi connectivity index (χ0n) is 78.7. The Morgan fingerprint density at radius 1 is 0.283 bits per heavy atom. The van der Waals surface area contributed by atoms with Crippen molar-refractivity contribution in [2.45, 2.75) is 343 Å². The van der Waals surface area contributed by atoms with Gasteiger partial charge >= 0.3 is 0 Å². The molecule has 12 heteroatoms. The second-order valence-corrected chi connectivity index (χ2v) is 35.7. The number of hydrogen-bond donors (Lipinski definition) is 2. The molecule has 2 aliphatic rings. The summed E-state index contributed by atoms with van der Waals surface area (Å²) in [6.45, 7) is 45.9. The number of amides is 4. The molecule has 2 aliphatic heterocycles. The van der Waals surface area contributed by atoms with E-state index in [0.29, 0.717) is 163 Å². The molecule has 2 aromatic carbocycles. The van der Waals surface area contributed by atoms with Crippen molar-refractivity contribution in [3.63, 3.8) is 0 Å². The highest BCUT2D eigenvalue weighted by Crippen LogP contribution is 2.33. The minimum atomic E-state index is -0.0334. The smallest absolute Gasteiger partial charge is 0.253 e. The highest BCUT2D eigenvalue weighted by molar-refractivity contribution is 6.02. The van der Waals surface area contributed by atoms with E-state index in [1.165, 1.54) is 0 Å². The van der Waals surface area contributed by atoms with Crippen LogP contribution in [0.2, 0.25) is 0 Å². The van der Waals surface area contributed by atoms with Crippen molar-refractivity contribution in [3.8, 4) is 23.7 Å². The van der Waals surface area contributed by atoms with E-state index in [4.69, 9.17) is 9.97 Å². The Balaban J connectivity index is 1.50. The zero-order chi connectivity index (χ0) is 86.9. The van der Waals surface area contributed by atoms with Crippen LogP contribution in [0.4, 0.5) is 0 Å². The fourth-order valence-electron chi connectivity index (χ4n) is 18.0. The lowest BCUT2D eigenvalue weighted by Gasteiger charge is -2.32. The van der Waals surface area contributed by atoms with Gasteiger partial charge in [-0.05, 0) is 197 Å². The van der Waals surface area contributed by atoms with Crippen molar-refractivity contribution in [1.29, 1.82) is 0 Å². The molecule has 12 nitrogen and oxygen atoms in total. The van der Waals surface area contributed by atoms with E-state index >= 15 is 19.2 Å². The maximum atomic E-state index is 15.9. The van der Waals surface area contributed by atoms with Gasteiger partial charge in [0.1, 0.15) is 0 Å². The molecule has 8 bridgehead atoms. The molecule has 120 heavy (non-hydrogen) atoms. The number of carbonyl (C=O) groups is 4. The van der Waals surface area contributed by atoms with Crippen molar-refractivity contribution >= 4 is 70.0 Å². The van der Waals surface area contributed by atoms with E-state index in [0.717, 1.165) is 256 Å². The number of hydrogen-bond acceptors (Lipinski definition) is 6. The van der Waals surface area contributed by atoms with Gasteiger partial charge in [-0.1, -0.05) is 302 Å². The number of unbranched alkanes of at least 4 members (excludes halogenated alkanes) is 8. The number of nitrogens with one attached hydrogen (secondary N) is 2. The van der Waals surface area contributed by atoms with Crippen molar-refractivity contribution in [2.24, 2.45) is 47.3 Å². The molecule has 0 saturated carbocycles. The van der Waals surface area contributed by atoms with E-state index < -0.39 is 0 Å². The number of aromatic amines is 2. The molecule has 0 aliphatic carbocycles. The molecule has 7 rings (SSSR count). The summed E-state index contributed by atoms with van der Waals surface area (Å²) in [5.41, 5.74) is 13.1. The molecule has 2 N–H and O–H groups in total. The normalized spacial score (nSPS) is 13.8. The van der Waals surface area contributed by atoms with Gasteiger partial charge in [0.15, 0.2) is 0 Å². The summed E-state index contributed by atoms with van der Waals surface area (Å²) in [4.78, 5) is 90.8. The third-order valence-electron chi connectivity index (χ3n) is 26.5. The van der Waals surface area contributed by atoms with E-state index in [1.54, 1.807) is 0 Å². The first-order valence-corrected chi connectivity index (χ1v) is 49.0. The lowest BCUT2D eigenvalue weighted by molar-refractivity contribution is 0.0669. The minimum absolute atomic E-state index is 0.0270. The fraction of sp³-hybridized carbons (Fsp3) is 0.630. The Hall–Kier alpha value is -7.96. The number of carbonyl (C=O) groups excluding carboxylic acids is 4. The van der Waals surface area contributed by atoms with Gasteiger partial charge in [-0.25, -0.2) is 9.97 Å². The van der Waals surface area contributed by atoms with E-state index in [9.17, 15) is 0 Å². The molecule has 5 heterocycles. The maximum absolute atomic E-state index is 15.9. The van der Waals surface area contributed by atoms with E-state index in [2.05, 4.69) is 226 Å². The van der Waals surface area contributed by atoms with Gasteiger partial charge in [-0.3, -0.25) is 19.2 Å². The van der Waals surface area contributed by atoms with Gasteiger partial charge in [0.05, 0.1) is 44.9 Å². The quantitative estimate of drug-likeness (QED) is 0.0364. The number of aromatic nitrogens is 4. The summed E-state index contributed by atoms with van der Waals surface area (Å²) in [6, 6.07) is 20.1. The van der Waals surface area contributed by atoms with Crippen molar-refractivity contribution < 1.29 is 19.2 Å². The topological polar surface area (TPSA) is 139 Å². The third-order valence-corrected chi connectivity index (χ3v) is 26.5. The second-order valence-electron chi connectivity index (χ2n) is 35.7. The molecule has 0 spiro atoms. The molecule has 5 aromatic rings. The molecule has 8 unspecified atom stereocenters. The SMILES string of the molecule is CCCCC(CC)CN(CC(CC)CCCC)C(=O)c1cc(C#Cc2c3nc(c(CC)c4ccc([nH]4)c(C#Cc4cc(C(=O)N(CC(CC)CCCC)CC(CC)CCCC)cc(C(=O)N(CC(CC)CCCC)CC(CC)CCCC)c4)c4ccc([nH]4)c(CC)c4nc2C=C4)C=C3)cc(C(=O)N(CC(CC)CCCC)CC(CC)CCCC)c1. The Morgan fingerprint density at radius 2 is 0.500 bits per heavy atom. The van der Waals surface area contributed by atoms with Gasteiger partial charge in [-0.15, -0.1) is 0 Å². The van der Waals surface area contributed by atoms with E-state index in [1.807, 2.05) is 36.4 Å². The monoisotopic (exact) mass is 1640 g/mol. The lowest BCUT2D eigenvalue weighted by atomic mass is 9.94. The number of fused-ring (bicyclic) bond motifs is 8. The summed E-state index contributed by atoms with van der Waals surface area (Å²) in [6.07, 6.45) is 43.9. The van der Waals surface area contributed by atoms with Gasteiger partial charge < -0.3 is 29.6 Å². The zero-order valence-corrected chi connectivity index (χ0v) is 78.7. The molecule has 0 radical (unpaired) electrons. The molecule has 4 amide bonds. The second kappa shape index (κ2) is 53.8. The van der Waals surface area contributed by atoms with E-state index in [-0.39, 0.29) is 23.6 Å². The predicted octanol–water partition coefficient (Wildman–Crippen LogP) is 28.1. The van der Waals surface area contributed by atoms with Crippen LogP contribution >= 0.6 is 0 Å². The summed E-state index contributed by atoms with van der Waals surface area (Å²) < 4.78 is 0. The van der Waals surface area contributed by atoms with Crippen LogP contribution in [0.1, 0.15) is 428 Å². The van der Waals surface area contributed by atoms with Crippen LogP contribution in [0, 0.1) is 71.0 Å². The average molecular weight is 1640 g/mol. The summed E-state index contributed by atoms with van der Waals surface area (Å²) in [5, 5.41) is 0. The molecule has 8 atom stereocenters. The molecule has 0 fully saturated rings. The van der Waals surface area contributed by atoms with Gasteiger partial charge in [0.2, 0.25) is 0 Å². The fourth-order valence-corrected chi connectivity index (χ4v) is 18.0. The standard InChI is InChI=1S/C108H162N8O4/c1-19-37-45-79(27-9)71-113(72-80(28-10)46-38-20-2)105(117)89-65-87(66-90(69-89)106(118)114(73-81(29-11)47-39-21-3)74-82(30-12)48-40-22-4)53-55-95-101-61-57-97(109-101)93(35-17)99-59-63-103(111-99)96(104-64-60-100(112-104)94(36-18)98-58-62-102(95)110-98)56-54-88-67-91(107(119)115(75-83(31-13)49-41-23-5)76-84(32-14)50-42-24-6)70-92(68-88)108(120)116(77-85(33-15)51-43-25-7)78-86(34-16)52-44-26-8/h57-70,79-86,109-110H,19-52,71-78H2,1-18H3. The molecule has 658 valence electrons. The Bertz CT molecular complexity index is 4040. The molecule has 0 saturated heterocycles. The van der Waals surface area contributed by atoms with Crippen molar-refractivity contribution in [2.75, 3.05) is 52.4 Å². The van der Waals surface area contributed by atoms with Crippen LogP contribution in [0.3, 0.4) is 0 Å². The van der Waals surface area contributed by atoms with Crippen LogP contribution in [-0.2, 0) is 12.8 Å². The Kier molecular flexibility index (Phi) is 44.5. The first-order valence-electron chi connectivity index (χ1n) is 49.0. The maximum Gasteiger partial charge on any atom is 0.253 e. The van der Waals surface area contributed by atoms with Crippen LogP contribution in [0.25, 0.3) is 46.4 Å². The molecular formula is C108H162N8O4. The number of H-pyrrole nitrogens is 2. The van der Waals surface area contributed by atoms with Gasteiger partial charge in [0.25, 0.3) is 23.6 Å². The van der Waals surface area contributed by atoms with Gasteiger partial charge in [-0.2, -0.15) is 0 Å². The summed E-state index contributed by atoms with van der Waals surface area (Å²) in [5.74, 6) is 17.5. The third kappa shape index (κ3) is 29.7. The highest BCUT2D eigenvalue weighted by atomic mass is 16.2. The number of nitrogens with zero attached hydrogens (tertiary/aromatic N) is 6. The number of rotatable bonds is 54. The van der Waals surface area contributed by atoms with Crippen molar-refractivity contribution in [3.05, 3.63) is 139 Å². The highest BCUT2D eigenvalue weighted by Gasteiger charge is 2.31. The first kappa shape index (κ1) is 99.1. The molecule has 3 aromatic heterocycles. The van der Waals surface area contributed by atoms with Crippen LogP contribution < -0.4 is 0 Å². The molecular weight excluding hydrogens is 1470 g/mol. The lowest BCUT2D eigenvalue weighted by Crippen LogP contribution is -2.40. The summed E-state index contributed by atoms with van der Waals surface area (Å²) in [7, 11) is 0. The number of benzene rings is 2. The van der Waals surface area contributed by atoms with Crippen LogP contribution in [0.5, 0.6) is 0 Å². The van der Waals surface area contributed by atoms with Crippen molar-refractivity contribution in [1.82, 2.24) is 39.5 Å². The largest absolute Gasteiger partial charge is 0.354 e. The predicted molar refractivity (Wildman–Crippen MR) is 513 cm³/mol. The van der Waals surface area contributed by atoms with Crippen LogP contribution in [-0.4, -0.2) is 116 Å². The van der Waals surface area contributed by atoms with Gasteiger partial charge in [0, 0.05) is 108 Å². The average Bonchev–Trinajstić information content (AvgIpc) is 1.54. The Morgan fingerprint density at radius 3 is 0.717 bits per heavy atom. The van der Waals surface area contributed by atoms with Crippen LogP contribution in [0.15, 0.2) is 60.7 Å². The first-order chi connectivity index (χ1) is 58.3. The summed E-state index contributed by atoms with van der Waals surface area (Å²) >= 11 is 0. The Labute approximate surface area is 729 Å². The minimum Gasteiger partial charge on any atom is -0.354 e.